The summed E-state index contributed by atoms with van der Waals surface area (Å²) >= 11 is 6.00. The number of benzene rings is 1. The van der Waals surface area contributed by atoms with Gasteiger partial charge >= 0.3 is 0 Å². The van der Waals surface area contributed by atoms with Crippen LogP contribution in [-0.2, 0) is 0 Å². The lowest BCUT2D eigenvalue weighted by Crippen LogP contribution is -2.36. The van der Waals surface area contributed by atoms with Gasteiger partial charge in [-0.2, -0.15) is 0 Å². The minimum Gasteiger partial charge on any atom is -0.370 e. The lowest BCUT2D eigenvalue weighted by atomic mass is 10.1. The molecule has 90 valence electrons. The fourth-order valence-electron chi connectivity index (χ4n) is 1.57. The molecule has 0 unspecified atom stereocenters. The Morgan fingerprint density at radius 1 is 1.18 bits per heavy atom. The van der Waals surface area contributed by atoms with Gasteiger partial charge in [0.2, 0.25) is 5.78 Å². The molecular formula is C12H12ClFN2O. The molecule has 0 spiro atoms. The maximum absolute atomic E-state index is 12.7. The molecule has 1 saturated heterocycles. The van der Waals surface area contributed by atoms with Gasteiger partial charge in [0.25, 0.3) is 0 Å². The molecule has 1 fully saturated rings. The van der Waals surface area contributed by atoms with Crippen molar-refractivity contribution in [3.8, 4) is 0 Å². The normalized spacial score (nSPS) is 14.8. The van der Waals surface area contributed by atoms with Crippen molar-refractivity contribution in [1.29, 1.82) is 0 Å². The zero-order valence-electron chi connectivity index (χ0n) is 9.09. The van der Waals surface area contributed by atoms with Gasteiger partial charge in [-0.05, 0) is 30.7 Å². The van der Waals surface area contributed by atoms with Gasteiger partial charge in [0, 0.05) is 18.7 Å². The van der Waals surface area contributed by atoms with E-state index in [0.29, 0.717) is 11.4 Å². The minimum absolute atomic E-state index is 0.108. The van der Waals surface area contributed by atoms with E-state index in [1.807, 2.05) is 0 Å². The highest BCUT2D eigenvalue weighted by atomic mass is 35.5. The second-order valence-electron chi connectivity index (χ2n) is 3.73. The zero-order valence-corrected chi connectivity index (χ0v) is 9.85. The molecule has 0 aliphatic carbocycles. The highest BCUT2D eigenvalue weighted by molar-refractivity contribution is 6.45. The van der Waals surface area contributed by atoms with Gasteiger partial charge in [-0.3, -0.25) is 4.79 Å². The highest BCUT2D eigenvalue weighted by Crippen LogP contribution is 2.15. The molecule has 1 aromatic carbocycles. The van der Waals surface area contributed by atoms with Crippen LogP contribution < -0.4 is 10.6 Å². The molecule has 2 N–H and O–H groups in total. The first-order chi connectivity index (χ1) is 8.18. The van der Waals surface area contributed by atoms with Crippen molar-refractivity contribution in [2.75, 3.05) is 13.1 Å². The number of hydrogen-bond donors (Lipinski definition) is 2. The topological polar surface area (TPSA) is 41.1 Å². The molecule has 1 aromatic rings. The summed E-state index contributed by atoms with van der Waals surface area (Å²) in [5, 5.41) is 6.15. The summed E-state index contributed by atoms with van der Waals surface area (Å²) in [6.07, 6.45) is 0.985. The van der Waals surface area contributed by atoms with Crippen LogP contribution in [0.4, 0.5) is 4.39 Å². The number of allylic oxidation sites excluding steroid dienone is 1. The Bertz CT molecular complexity index is 448. The van der Waals surface area contributed by atoms with E-state index in [9.17, 15) is 9.18 Å². The number of ketones is 1. The Morgan fingerprint density at radius 3 is 2.35 bits per heavy atom. The van der Waals surface area contributed by atoms with Crippen LogP contribution in [0.25, 0.3) is 0 Å². The summed E-state index contributed by atoms with van der Waals surface area (Å²) in [6.45, 7) is 1.57. The Kier molecular flexibility index (Phi) is 3.64. The van der Waals surface area contributed by atoms with Crippen LogP contribution >= 0.6 is 11.6 Å². The van der Waals surface area contributed by atoms with Crippen LogP contribution in [0, 0.1) is 5.82 Å². The molecule has 3 nitrogen and oxygen atoms in total. The van der Waals surface area contributed by atoms with Crippen molar-refractivity contribution >= 4 is 17.4 Å². The predicted octanol–water partition coefficient (Wildman–Crippen LogP) is 2.00. The number of hydrogen-bond acceptors (Lipinski definition) is 3. The molecule has 0 atom stereocenters. The number of Topliss-reactive ketones (excluding diaryl/α,β-unsaturated/α-hetero) is 1. The van der Waals surface area contributed by atoms with Crippen LogP contribution in [0.1, 0.15) is 16.8 Å². The second-order valence-corrected chi connectivity index (χ2v) is 4.11. The third kappa shape index (κ3) is 2.77. The first-order valence-electron chi connectivity index (χ1n) is 5.36. The third-order valence-corrected chi connectivity index (χ3v) is 2.84. The summed E-state index contributed by atoms with van der Waals surface area (Å²) in [7, 11) is 0. The molecule has 0 radical (unpaired) electrons. The average molecular weight is 255 g/mol. The van der Waals surface area contributed by atoms with Gasteiger partial charge in [-0.25, -0.2) is 4.39 Å². The van der Waals surface area contributed by atoms with E-state index in [1.54, 1.807) is 0 Å². The summed E-state index contributed by atoms with van der Waals surface area (Å²) in [5.41, 5.74) is 0.373. The number of carbonyl (C=O) groups excluding carboxylic acids is 1. The Hall–Kier alpha value is -1.55. The third-order valence-electron chi connectivity index (χ3n) is 2.48. The number of rotatable bonds is 2. The number of halogens is 2. The molecule has 0 saturated carbocycles. The van der Waals surface area contributed by atoms with E-state index in [0.717, 1.165) is 19.5 Å². The quantitative estimate of drug-likeness (QED) is 0.627. The monoisotopic (exact) mass is 254 g/mol. The molecule has 5 heteroatoms. The molecule has 1 heterocycles. The van der Waals surface area contributed by atoms with E-state index in [2.05, 4.69) is 10.6 Å². The van der Waals surface area contributed by atoms with E-state index in [4.69, 9.17) is 11.6 Å². The van der Waals surface area contributed by atoms with Crippen molar-refractivity contribution < 1.29 is 9.18 Å². The van der Waals surface area contributed by atoms with Gasteiger partial charge in [0.15, 0.2) is 0 Å². The van der Waals surface area contributed by atoms with Crippen LogP contribution in [0.15, 0.2) is 35.1 Å². The molecule has 1 aliphatic heterocycles. The van der Waals surface area contributed by atoms with Crippen molar-refractivity contribution in [1.82, 2.24) is 10.6 Å². The van der Waals surface area contributed by atoms with Crippen LogP contribution in [-0.4, -0.2) is 18.9 Å². The zero-order chi connectivity index (χ0) is 12.3. The van der Waals surface area contributed by atoms with Gasteiger partial charge in [0.1, 0.15) is 16.7 Å². The van der Waals surface area contributed by atoms with E-state index in [-0.39, 0.29) is 16.6 Å². The fraction of sp³-hybridized carbons (Fsp3) is 0.250. The SMILES string of the molecule is O=C(C(Cl)=C1NCCCN1)c1ccc(F)cc1. The lowest BCUT2D eigenvalue weighted by molar-refractivity contribution is 0.104. The van der Waals surface area contributed by atoms with Crippen LogP contribution in [0.2, 0.25) is 0 Å². The molecule has 0 amide bonds. The van der Waals surface area contributed by atoms with Gasteiger partial charge in [-0.15, -0.1) is 0 Å². The number of nitrogens with one attached hydrogen (secondary N) is 2. The van der Waals surface area contributed by atoms with Gasteiger partial charge < -0.3 is 10.6 Å². The summed E-state index contributed by atoms with van der Waals surface area (Å²) in [6, 6.07) is 5.32. The standard InChI is InChI=1S/C12H12ClFN2O/c13-10(12-15-6-1-7-16-12)11(17)8-2-4-9(14)5-3-8/h2-5,15-16H,1,6-7H2. The minimum atomic E-state index is -0.376. The lowest BCUT2D eigenvalue weighted by Gasteiger charge is -2.20. The Balaban J connectivity index is 2.21. The number of carbonyl (C=O) groups is 1. The largest absolute Gasteiger partial charge is 0.370 e. The van der Waals surface area contributed by atoms with Crippen molar-refractivity contribution in [2.24, 2.45) is 0 Å². The van der Waals surface area contributed by atoms with E-state index >= 15 is 0 Å². The maximum Gasteiger partial charge on any atom is 0.208 e. The molecule has 0 bridgehead atoms. The Labute approximate surface area is 104 Å². The summed E-state index contributed by atoms with van der Waals surface area (Å²) < 4.78 is 12.7. The van der Waals surface area contributed by atoms with Crippen molar-refractivity contribution in [2.45, 2.75) is 6.42 Å². The first kappa shape index (κ1) is 11.9. The first-order valence-corrected chi connectivity index (χ1v) is 5.74. The fourth-order valence-corrected chi connectivity index (χ4v) is 1.82. The smallest absolute Gasteiger partial charge is 0.208 e. The second kappa shape index (κ2) is 5.19. The predicted molar refractivity (Wildman–Crippen MR) is 64.2 cm³/mol. The highest BCUT2D eigenvalue weighted by Gasteiger charge is 2.16. The summed E-state index contributed by atoms with van der Waals surface area (Å²) in [4.78, 5) is 12.0. The van der Waals surface area contributed by atoms with E-state index < -0.39 is 0 Å². The molecule has 2 rings (SSSR count). The van der Waals surface area contributed by atoms with E-state index in [1.165, 1.54) is 24.3 Å². The molecular weight excluding hydrogens is 243 g/mol. The van der Waals surface area contributed by atoms with Crippen LogP contribution in [0.3, 0.4) is 0 Å². The van der Waals surface area contributed by atoms with Crippen molar-refractivity contribution in [3.05, 3.63) is 46.5 Å². The average Bonchev–Trinajstić information content (AvgIpc) is 2.39. The molecule has 17 heavy (non-hydrogen) atoms. The molecule has 0 aromatic heterocycles. The van der Waals surface area contributed by atoms with Crippen LogP contribution in [0.5, 0.6) is 0 Å². The summed E-state index contributed by atoms with van der Waals surface area (Å²) in [5.74, 6) is -0.143. The Morgan fingerprint density at radius 2 is 1.76 bits per heavy atom. The van der Waals surface area contributed by atoms with Crippen molar-refractivity contribution in [3.63, 3.8) is 0 Å². The maximum atomic E-state index is 12.7. The molecule has 1 aliphatic rings. The van der Waals surface area contributed by atoms with Gasteiger partial charge in [-0.1, -0.05) is 11.6 Å². The van der Waals surface area contributed by atoms with Gasteiger partial charge in [0.05, 0.1) is 0 Å².